The second-order valence-corrected chi connectivity index (χ2v) is 7.20. The van der Waals surface area contributed by atoms with Gasteiger partial charge in [0, 0.05) is 17.2 Å². The van der Waals surface area contributed by atoms with E-state index >= 15 is 0 Å². The second-order valence-electron chi connectivity index (χ2n) is 4.24. The van der Waals surface area contributed by atoms with Crippen molar-refractivity contribution in [1.29, 1.82) is 0 Å². The Morgan fingerprint density at radius 2 is 2.00 bits per heavy atom. The smallest absolute Gasteiger partial charge is 0.238 e. The van der Waals surface area contributed by atoms with Crippen molar-refractivity contribution in [1.82, 2.24) is 4.90 Å². The molecule has 0 bridgehead atoms. The fourth-order valence-corrected chi connectivity index (χ4v) is 3.24. The Morgan fingerprint density at radius 3 is 2.29 bits per heavy atom. The number of nitrogens with zero attached hydrogens (tertiary/aromatic N) is 1. The number of hydrogen-bond donors (Lipinski definition) is 1. The molecule has 1 saturated carbocycles. The van der Waals surface area contributed by atoms with Gasteiger partial charge < -0.3 is 10.0 Å². The fourth-order valence-electron chi connectivity index (χ4n) is 1.60. The third kappa shape index (κ3) is 2.82. The van der Waals surface area contributed by atoms with Gasteiger partial charge in [-0.05, 0) is 33.4 Å². The summed E-state index contributed by atoms with van der Waals surface area (Å²) in [4.78, 5) is 1.82. The molecular formula is C8H16ClNO3S. The maximum absolute atomic E-state index is 11.2. The van der Waals surface area contributed by atoms with Crippen LogP contribution in [0.5, 0.6) is 0 Å². The largest absolute Gasteiger partial charge is 0.392 e. The highest BCUT2D eigenvalue weighted by Gasteiger charge is 2.54. The molecule has 1 fully saturated rings. The number of rotatable bonds is 5. The molecule has 0 aromatic rings. The number of aliphatic hydroxyl groups is 1. The lowest BCUT2D eigenvalue weighted by Crippen LogP contribution is -2.32. The van der Waals surface area contributed by atoms with Gasteiger partial charge in [0.2, 0.25) is 9.05 Å². The molecule has 1 aliphatic rings. The van der Waals surface area contributed by atoms with Crippen LogP contribution in [0.4, 0.5) is 0 Å². The summed E-state index contributed by atoms with van der Waals surface area (Å²) in [6, 6.07) is 0. The van der Waals surface area contributed by atoms with Crippen molar-refractivity contribution in [3.05, 3.63) is 0 Å². The van der Waals surface area contributed by atoms with Crippen LogP contribution in [0.25, 0.3) is 0 Å². The highest BCUT2D eigenvalue weighted by atomic mass is 35.7. The monoisotopic (exact) mass is 241 g/mol. The normalized spacial score (nSPS) is 22.4. The maximum Gasteiger partial charge on any atom is 0.238 e. The van der Waals surface area contributed by atoms with E-state index in [1.165, 1.54) is 0 Å². The minimum Gasteiger partial charge on any atom is -0.392 e. The third-order valence-electron chi connectivity index (χ3n) is 2.51. The van der Waals surface area contributed by atoms with Gasteiger partial charge in [-0.15, -0.1) is 0 Å². The first-order valence-electron chi connectivity index (χ1n) is 4.54. The first kappa shape index (κ1) is 12.2. The number of aliphatic hydroxyl groups excluding tert-OH is 1. The molecule has 0 aliphatic heterocycles. The van der Waals surface area contributed by atoms with Crippen LogP contribution in [-0.4, -0.2) is 49.9 Å². The average Bonchev–Trinajstić information content (AvgIpc) is 2.64. The van der Waals surface area contributed by atoms with Crippen LogP contribution in [0.3, 0.4) is 0 Å². The zero-order chi connectivity index (χ0) is 11.0. The van der Waals surface area contributed by atoms with Crippen molar-refractivity contribution in [2.75, 3.05) is 20.6 Å². The van der Waals surface area contributed by atoms with Crippen LogP contribution in [0.2, 0.25) is 0 Å². The predicted molar refractivity (Wildman–Crippen MR) is 55.9 cm³/mol. The number of likely N-dealkylation sites (N-methyl/N-ethyl adjacent to an activating group) is 1. The SMILES string of the molecule is CN(C)CC(O)CC1(S(=O)(=O)Cl)CC1. The van der Waals surface area contributed by atoms with Crippen LogP contribution < -0.4 is 0 Å². The minimum atomic E-state index is -3.53. The van der Waals surface area contributed by atoms with Gasteiger partial charge in [0.1, 0.15) is 0 Å². The summed E-state index contributed by atoms with van der Waals surface area (Å²) in [7, 11) is 5.45. The Balaban J connectivity index is 2.53. The first-order chi connectivity index (χ1) is 6.27. The van der Waals surface area contributed by atoms with E-state index in [0.717, 1.165) is 0 Å². The fraction of sp³-hybridized carbons (Fsp3) is 1.00. The van der Waals surface area contributed by atoms with Gasteiger partial charge in [-0.3, -0.25) is 0 Å². The number of halogens is 1. The van der Waals surface area contributed by atoms with Crippen molar-refractivity contribution in [3.8, 4) is 0 Å². The lowest BCUT2D eigenvalue weighted by Gasteiger charge is -2.19. The molecule has 6 heteroatoms. The summed E-state index contributed by atoms with van der Waals surface area (Å²) in [5.41, 5.74) is 0. The Morgan fingerprint density at radius 1 is 1.50 bits per heavy atom. The molecule has 4 nitrogen and oxygen atoms in total. The molecule has 0 aromatic carbocycles. The molecule has 1 unspecified atom stereocenters. The van der Waals surface area contributed by atoms with Crippen LogP contribution in [-0.2, 0) is 9.05 Å². The van der Waals surface area contributed by atoms with Crippen molar-refractivity contribution < 1.29 is 13.5 Å². The lowest BCUT2D eigenvalue weighted by atomic mass is 10.1. The molecule has 1 atom stereocenters. The zero-order valence-electron chi connectivity index (χ0n) is 8.40. The Hall–Kier alpha value is 0.160. The van der Waals surface area contributed by atoms with Crippen LogP contribution in [0.15, 0.2) is 0 Å². The quantitative estimate of drug-likeness (QED) is 0.708. The summed E-state index contributed by atoms with van der Waals surface area (Å²) < 4.78 is 21.5. The molecule has 1 aliphatic carbocycles. The van der Waals surface area contributed by atoms with E-state index < -0.39 is 19.9 Å². The zero-order valence-corrected chi connectivity index (χ0v) is 9.98. The van der Waals surface area contributed by atoms with Gasteiger partial charge in [-0.2, -0.15) is 0 Å². The Kier molecular flexibility index (Phi) is 3.46. The molecule has 1 rings (SSSR count). The average molecular weight is 242 g/mol. The van der Waals surface area contributed by atoms with E-state index in [1.54, 1.807) is 0 Å². The third-order valence-corrected chi connectivity index (χ3v) is 5.10. The van der Waals surface area contributed by atoms with Crippen molar-refractivity contribution in [3.63, 3.8) is 0 Å². The molecule has 0 heterocycles. The van der Waals surface area contributed by atoms with Gasteiger partial charge >= 0.3 is 0 Å². The maximum atomic E-state index is 11.2. The standard InChI is InChI=1S/C8H16ClNO3S/c1-10(2)6-7(11)5-8(3-4-8)14(9,12)13/h7,11H,3-6H2,1-2H3. The van der Waals surface area contributed by atoms with Crippen molar-refractivity contribution in [2.24, 2.45) is 0 Å². The molecule has 0 radical (unpaired) electrons. The summed E-state index contributed by atoms with van der Waals surface area (Å²) in [5.74, 6) is 0. The van der Waals surface area contributed by atoms with E-state index in [2.05, 4.69) is 0 Å². The van der Waals surface area contributed by atoms with Gasteiger partial charge in [0.15, 0.2) is 0 Å². The first-order valence-corrected chi connectivity index (χ1v) is 6.85. The molecular weight excluding hydrogens is 226 g/mol. The van der Waals surface area contributed by atoms with Crippen molar-refractivity contribution >= 4 is 19.7 Å². The summed E-state index contributed by atoms with van der Waals surface area (Å²) in [6.07, 6.45) is 0.768. The predicted octanol–water partition coefficient (Wildman–Crippen LogP) is 0.400. The summed E-state index contributed by atoms with van der Waals surface area (Å²) in [6.45, 7) is 0.466. The van der Waals surface area contributed by atoms with Gasteiger partial charge in [0.25, 0.3) is 0 Å². The lowest BCUT2D eigenvalue weighted by molar-refractivity contribution is 0.125. The van der Waals surface area contributed by atoms with Gasteiger partial charge in [0.05, 0.1) is 10.9 Å². The molecule has 0 aromatic heterocycles. The van der Waals surface area contributed by atoms with Gasteiger partial charge in [-0.1, -0.05) is 0 Å². The van der Waals surface area contributed by atoms with Crippen molar-refractivity contribution in [2.45, 2.75) is 30.1 Å². The molecule has 14 heavy (non-hydrogen) atoms. The summed E-state index contributed by atoms with van der Waals surface area (Å²) >= 11 is 0. The minimum absolute atomic E-state index is 0.247. The van der Waals surface area contributed by atoms with Crippen LogP contribution >= 0.6 is 10.7 Å². The van der Waals surface area contributed by atoms with Gasteiger partial charge in [-0.25, -0.2) is 8.42 Å². The summed E-state index contributed by atoms with van der Waals surface area (Å²) in [5, 5.41) is 9.59. The second kappa shape index (κ2) is 3.96. The molecule has 0 saturated heterocycles. The molecule has 1 N–H and O–H groups in total. The van der Waals surface area contributed by atoms with E-state index in [1.807, 2.05) is 19.0 Å². The van der Waals surface area contributed by atoms with E-state index in [-0.39, 0.29) is 6.42 Å². The molecule has 0 amide bonds. The van der Waals surface area contributed by atoms with Crippen LogP contribution in [0.1, 0.15) is 19.3 Å². The van der Waals surface area contributed by atoms with Crippen LogP contribution in [0, 0.1) is 0 Å². The number of hydrogen-bond acceptors (Lipinski definition) is 4. The highest BCUT2D eigenvalue weighted by molar-refractivity contribution is 8.15. The van der Waals surface area contributed by atoms with E-state index in [4.69, 9.17) is 10.7 Å². The Bertz CT molecular complexity index is 298. The topological polar surface area (TPSA) is 57.6 Å². The Labute approximate surface area is 89.3 Å². The highest BCUT2D eigenvalue weighted by Crippen LogP contribution is 2.49. The van der Waals surface area contributed by atoms with E-state index in [9.17, 15) is 13.5 Å². The molecule has 0 spiro atoms. The van der Waals surface area contributed by atoms with E-state index in [0.29, 0.717) is 19.4 Å². The molecule has 84 valence electrons.